The van der Waals surface area contributed by atoms with Gasteiger partial charge in [0.05, 0.1) is 0 Å². The van der Waals surface area contributed by atoms with Crippen molar-refractivity contribution in [3.05, 3.63) is 65.0 Å². The topological polar surface area (TPSA) is 44.7 Å². The van der Waals surface area contributed by atoms with Gasteiger partial charge >= 0.3 is 0 Å². The second kappa shape index (κ2) is 10.2. The quantitative estimate of drug-likeness (QED) is 0.548. The Labute approximate surface area is 177 Å². The number of likely N-dealkylation sites (tertiary alicyclic amines) is 1. The standard InChI is InChI=1S/C24H30N2O2S/c27-21(17-26-12-4-1-5-13-26)18-28-22-10-8-19(9-11-22)15-25-16-23-14-20-6-2-3-7-24(20)29-23/h2-3,6-11,14,21,25,27H,1,4-5,12-13,15-18H2. The van der Waals surface area contributed by atoms with Gasteiger partial charge in [0.25, 0.3) is 0 Å². The first-order valence-corrected chi connectivity index (χ1v) is 11.4. The molecule has 5 heteroatoms. The van der Waals surface area contributed by atoms with Crippen LogP contribution in [0.25, 0.3) is 10.1 Å². The van der Waals surface area contributed by atoms with Crippen molar-refractivity contribution >= 4 is 21.4 Å². The fourth-order valence-corrected chi connectivity index (χ4v) is 4.88. The van der Waals surface area contributed by atoms with E-state index in [2.05, 4.69) is 52.7 Å². The zero-order valence-electron chi connectivity index (χ0n) is 16.8. The summed E-state index contributed by atoms with van der Waals surface area (Å²) in [5, 5.41) is 15.1. The van der Waals surface area contributed by atoms with Crippen molar-refractivity contribution in [1.82, 2.24) is 10.2 Å². The maximum atomic E-state index is 10.2. The molecule has 1 atom stereocenters. The number of piperidine rings is 1. The summed E-state index contributed by atoms with van der Waals surface area (Å²) < 4.78 is 7.12. The van der Waals surface area contributed by atoms with Gasteiger partial charge in [-0.15, -0.1) is 11.3 Å². The minimum Gasteiger partial charge on any atom is -0.491 e. The van der Waals surface area contributed by atoms with E-state index < -0.39 is 6.10 Å². The van der Waals surface area contributed by atoms with Crippen LogP contribution in [0, 0.1) is 0 Å². The Kier molecular flexibility index (Phi) is 7.17. The molecule has 1 aromatic heterocycles. The third-order valence-corrected chi connectivity index (χ3v) is 6.50. The average molecular weight is 411 g/mol. The van der Waals surface area contributed by atoms with E-state index in [0.717, 1.165) is 31.9 Å². The molecule has 1 saturated heterocycles. The maximum absolute atomic E-state index is 10.2. The predicted molar refractivity (Wildman–Crippen MR) is 121 cm³/mol. The number of hydrogen-bond acceptors (Lipinski definition) is 5. The van der Waals surface area contributed by atoms with Gasteiger partial charge in [-0.1, -0.05) is 36.8 Å². The van der Waals surface area contributed by atoms with Crippen LogP contribution in [0.3, 0.4) is 0 Å². The second-order valence-corrected chi connectivity index (χ2v) is 8.99. The van der Waals surface area contributed by atoms with Gasteiger partial charge in [0.2, 0.25) is 0 Å². The summed E-state index contributed by atoms with van der Waals surface area (Å²) in [5.41, 5.74) is 1.23. The molecule has 29 heavy (non-hydrogen) atoms. The summed E-state index contributed by atoms with van der Waals surface area (Å²) in [4.78, 5) is 3.69. The van der Waals surface area contributed by atoms with Crippen molar-refractivity contribution in [3.63, 3.8) is 0 Å². The highest BCUT2D eigenvalue weighted by atomic mass is 32.1. The molecular weight excluding hydrogens is 380 g/mol. The smallest absolute Gasteiger partial charge is 0.119 e. The van der Waals surface area contributed by atoms with Crippen molar-refractivity contribution in [3.8, 4) is 5.75 Å². The van der Waals surface area contributed by atoms with Gasteiger partial charge in [-0.3, -0.25) is 0 Å². The molecule has 1 fully saturated rings. The molecule has 4 nitrogen and oxygen atoms in total. The minimum absolute atomic E-state index is 0.347. The maximum Gasteiger partial charge on any atom is 0.119 e. The number of fused-ring (bicyclic) bond motifs is 1. The number of β-amino-alcohol motifs (C(OH)–C–C–N with tert-alkyl or cyclic N) is 1. The lowest BCUT2D eigenvalue weighted by Crippen LogP contribution is -2.38. The number of nitrogens with zero attached hydrogens (tertiary/aromatic N) is 1. The van der Waals surface area contributed by atoms with Crippen molar-refractivity contribution in [2.24, 2.45) is 0 Å². The van der Waals surface area contributed by atoms with Gasteiger partial charge in [0, 0.05) is 29.2 Å². The van der Waals surface area contributed by atoms with Crippen molar-refractivity contribution < 1.29 is 9.84 Å². The van der Waals surface area contributed by atoms with Crippen LogP contribution in [0.2, 0.25) is 0 Å². The Bertz CT molecular complexity index is 854. The summed E-state index contributed by atoms with van der Waals surface area (Å²) in [6.45, 7) is 4.95. The fourth-order valence-electron chi connectivity index (χ4n) is 3.84. The first-order valence-electron chi connectivity index (χ1n) is 10.6. The van der Waals surface area contributed by atoms with Crippen LogP contribution in [0.15, 0.2) is 54.6 Å². The van der Waals surface area contributed by atoms with E-state index in [4.69, 9.17) is 4.74 Å². The number of nitrogens with one attached hydrogen (secondary N) is 1. The third kappa shape index (κ3) is 6.03. The molecule has 2 N–H and O–H groups in total. The van der Waals surface area contributed by atoms with Crippen LogP contribution in [0.5, 0.6) is 5.75 Å². The van der Waals surface area contributed by atoms with Crippen LogP contribution in [-0.4, -0.2) is 42.4 Å². The highest BCUT2D eigenvalue weighted by Crippen LogP contribution is 2.25. The lowest BCUT2D eigenvalue weighted by atomic mass is 10.1. The molecule has 2 aromatic carbocycles. The molecule has 1 aliphatic rings. The van der Waals surface area contributed by atoms with E-state index in [-0.39, 0.29) is 0 Å². The van der Waals surface area contributed by atoms with Crippen LogP contribution in [0.1, 0.15) is 29.7 Å². The van der Waals surface area contributed by atoms with E-state index >= 15 is 0 Å². The summed E-state index contributed by atoms with van der Waals surface area (Å²) >= 11 is 1.85. The van der Waals surface area contributed by atoms with Gasteiger partial charge in [-0.25, -0.2) is 0 Å². The monoisotopic (exact) mass is 410 g/mol. The lowest BCUT2D eigenvalue weighted by molar-refractivity contribution is 0.0617. The van der Waals surface area contributed by atoms with E-state index in [1.807, 2.05) is 23.5 Å². The summed E-state index contributed by atoms with van der Waals surface area (Å²) in [5.74, 6) is 0.816. The number of rotatable bonds is 9. The van der Waals surface area contributed by atoms with Gasteiger partial charge in [0.1, 0.15) is 18.5 Å². The normalized spacial score (nSPS) is 16.2. The molecule has 0 radical (unpaired) electrons. The van der Waals surface area contributed by atoms with E-state index in [0.29, 0.717) is 13.2 Å². The van der Waals surface area contributed by atoms with Crippen molar-refractivity contribution in [2.45, 2.75) is 38.5 Å². The van der Waals surface area contributed by atoms with E-state index in [9.17, 15) is 5.11 Å². The Morgan fingerprint density at radius 3 is 2.59 bits per heavy atom. The molecule has 154 valence electrons. The number of aliphatic hydroxyl groups excluding tert-OH is 1. The van der Waals surface area contributed by atoms with E-state index in [1.54, 1.807) is 0 Å². The first-order chi connectivity index (χ1) is 14.3. The van der Waals surface area contributed by atoms with Gasteiger partial charge in [-0.2, -0.15) is 0 Å². The molecule has 2 heterocycles. The van der Waals surface area contributed by atoms with E-state index in [1.165, 1.54) is 39.8 Å². The zero-order valence-corrected chi connectivity index (χ0v) is 17.7. The number of benzene rings is 2. The molecule has 0 amide bonds. The molecule has 0 saturated carbocycles. The summed E-state index contributed by atoms with van der Waals surface area (Å²) in [6.07, 6.45) is 3.36. The number of thiophene rings is 1. The Morgan fingerprint density at radius 2 is 1.79 bits per heavy atom. The molecule has 1 aliphatic heterocycles. The Balaban J connectivity index is 1.18. The van der Waals surface area contributed by atoms with Crippen LogP contribution < -0.4 is 10.1 Å². The number of aliphatic hydroxyl groups is 1. The van der Waals surface area contributed by atoms with Crippen LogP contribution >= 0.6 is 11.3 Å². The molecule has 0 aliphatic carbocycles. The van der Waals surface area contributed by atoms with Crippen LogP contribution in [0.4, 0.5) is 0 Å². The minimum atomic E-state index is -0.434. The molecule has 4 rings (SSSR count). The summed E-state index contributed by atoms with van der Waals surface area (Å²) in [6, 6.07) is 18.9. The number of hydrogen-bond donors (Lipinski definition) is 2. The van der Waals surface area contributed by atoms with Gasteiger partial charge in [-0.05, 0) is 61.1 Å². The Hall–Kier alpha value is -1.92. The molecular formula is C24H30N2O2S. The molecule has 3 aromatic rings. The van der Waals surface area contributed by atoms with Crippen molar-refractivity contribution in [1.29, 1.82) is 0 Å². The highest BCUT2D eigenvalue weighted by molar-refractivity contribution is 7.19. The SMILES string of the molecule is OC(COc1ccc(CNCc2cc3ccccc3s2)cc1)CN1CCCCC1. The average Bonchev–Trinajstić information content (AvgIpc) is 3.17. The molecule has 0 spiro atoms. The fraction of sp³-hybridized carbons (Fsp3) is 0.417. The molecule has 1 unspecified atom stereocenters. The molecule has 0 bridgehead atoms. The first kappa shape index (κ1) is 20.4. The second-order valence-electron chi connectivity index (χ2n) is 7.82. The predicted octanol–water partition coefficient (Wildman–Crippen LogP) is 4.42. The van der Waals surface area contributed by atoms with Crippen LogP contribution in [-0.2, 0) is 13.1 Å². The van der Waals surface area contributed by atoms with Crippen molar-refractivity contribution in [2.75, 3.05) is 26.2 Å². The third-order valence-electron chi connectivity index (χ3n) is 5.39. The summed E-state index contributed by atoms with van der Waals surface area (Å²) in [7, 11) is 0. The Morgan fingerprint density at radius 1 is 1.00 bits per heavy atom. The lowest BCUT2D eigenvalue weighted by Gasteiger charge is -2.28. The van der Waals surface area contributed by atoms with Gasteiger partial charge in [0.15, 0.2) is 0 Å². The zero-order chi connectivity index (χ0) is 19.9. The largest absolute Gasteiger partial charge is 0.491 e. The number of ether oxygens (including phenoxy) is 1. The highest BCUT2D eigenvalue weighted by Gasteiger charge is 2.15. The van der Waals surface area contributed by atoms with Gasteiger partial charge < -0.3 is 20.1 Å².